The van der Waals surface area contributed by atoms with E-state index in [0.717, 1.165) is 37.7 Å². The van der Waals surface area contributed by atoms with Crippen LogP contribution in [-0.4, -0.2) is 53.8 Å². The Morgan fingerprint density at radius 1 is 1.03 bits per heavy atom. The van der Waals surface area contributed by atoms with Crippen molar-refractivity contribution in [2.75, 3.05) is 13.1 Å². The summed E-state index contributed by atoms with van der Waals surface area (Å²) in [6.07, 6.45) is 4.20. The minimum absolute atomic E-state index is 0.108. The molecular weight excluding hydrogens is 422 g/mol. The molecule has 0 aromatic heterocycles. The molecule has 2 aliphatic rings. The van der Waals surface area contributed by atoms with Crippen LogP contribution in [0.5, 0.6) is 0 Å². The summed E-state index contributed by atoms with van der Waals surface area (Å²) < 4.78 is 10.7. The molecule has 1 saturated heterocycles. The first-order valence-electron chi connectivity index (χ1n) is 12.0. The summed E-state index contributed by atoms with van der Waals surface area (Å²) in [5.41, 5.74) is 0.413. The van der Waals surface area contributed by atoms with Crippen LogP contribution in [0.2, 0.25) is 0 Å². The van der Waals surface area contributed by atoms with Crippen molar-refractivity contribution in [1.82, 2.24) is 15.5 Å². The third-order valence-corrected chi connectivity index (χ3v) is 6.13. The predicted molar refractivity (Wildman–Crippen MR) is 124 cm³/mol. The van der Waals surface area contributed by atoms with Crippen LogP contribution < -0.4 is 10.6 Å². The van der Waals surface area contributed by atoms with Crippen LogP contribution in [0.25, 0.3) is 0 Å². The fraction of sp³-hybridized carbons (Fsp3) is 0.640. The topological polar surface area (TPSA) is 97.0 Å². The molecule has 0 spiro atoms. The number of rotatable bonds is 6. The number of carbonyl (C=O) groups is 3. The molecule has 3 rings (SSSR count). The number of amides is 3. The second-order valence-electron chi connectivity index (χ2n) is 10.0. The van der Waals surface area contributed by atoms with Crippen molar-refractivity contribution in [1.29, 1.82) is 0 Å². The molecule has 1 heterocycles. The zero-order chi connectivity index (χ0) is 23.8. The summed E-state index contributed by atoms with van der Waals surface area (Å²) in [6, 6.07) is 9.15. The number of benzene rings is 1. The fourth-order valence-corrected chi connectivity index (χ4v) is 4.41. The molecule has 1 aliphatic carbocycles. The summed E-state index contributed by atoms with van der Waals surface area (Å²) in [7, 11) is 0. The average molecular weight is 460 g/mol. The molecule has 8 heteroatoms. The van der Waals surface area contributed by atoms with Gasteiger partial charge in [0.15, 0.2) is 0 Å². The molecule has 2 fully saturated rings. The molecule has 1 atom stereocenters. The second kappa shape index (κ2) is 11.4. The van der Waals surface area contributed by atoms with Gasteiger partial charge in [-0.15, -0.1) is 0 Å². The zero-order valence-corrected chi connectivity index (χ0v) is 20.0. The monoisotopic (exact) mass is 459 g/mol. The Bertz CT molecular complexity index is 800. The smallest absolute Gasteiger partial charge is 0.410 e. The van der Waals surface area contributed by atoms with Gasteiger partial charge in [0.2, 0.25) is 5.91 Å². The van der Waals surface area contributed by atoms with Crippen molar-refractivity contribution < 1.29 is 23.9 Å². The third-order valence-electron chi connectivity index (χ3n) is 6.13. The number of carbonyl (C=O) groups excluding carboxylic acids is 3. The normalized spacial score (nSPS) is 23.0. The minimum Gasteiger partial charge on any atom is -0.445 e. The van der Waals surface area contributed by atoms with E-state index < -0.39 is 17.7 Å². The molecular formula is C25H37N3O5. The molecule has 3 amide bonds. The number of nitrogens with one attached hydrogen (secondary N) is 2. The molecule has 0 radical (unpaired) electrons. The van der Waals surface area contributed by atoms with Crippen LogP contribution in [0.3, 0.4) is 0 Å². The highest BCUT2D eigenvalue weighted by atomic mass is 16.6. The summed E-state index contributed by atoms with van der Waals surface area (Å²) in [4.78, 5) is 38.8. The lowest BCUT2D eigenvalue weighted by molar-refractivity contribution is -0.125. The van der Waals surface area contributed by atoms with Gasteiger partial charge in [0.1, 0.15) is 18.2 Å². The molecule has 1 aromatic carbocycles. The van der Waals surface area contributed by atoms with E-state index in [4.69, 9.17) is 9.47 Å². The van der Waals surface area contributed by atoms with Gasteiger partial charge in [-0.1, -0.05) is 30.3 Å². The van der Waals surface area contributed by atoms with Gasteiger partial charge in [-0.25, -0.2) is 9.59 Å². The maximum Gasteiger partial charge on any atom is 0.410 e. The molecule has 1 unspecified atom stereocenters. The lowest BCUT2D eigenvalue weighted by Crippen LogP contribution is -2.47. The Morgan fingerprint density at radius 2 is 1.73 bits per heavy atom. The number of alkyl carbamates (subject to hydrolysis) is 1. The first kappa shape index (κ1) is 24.9. The van der Waals surface area contributed by atoms with E-state index in [0.29, 0.717) is 25.4 Å². The van der Waals surface area contributed by atoms with Crippen LogP contribution in [0.1, 0.15) is 64.9 Å². The summed E-state index contributed by atoms with van der Waals surface area (Å²) >= 11 is 0. The van der Waals surface area contributed by atoms with E-state index in [1.807, 2.05) is 51.1 Å². The lowest BCUT2D eigenvalue weighted by Gasteiger charge is -2.30. The highest BCUT2D eigenvalue weighted by Crippen LogP contribution is 2.25. The molecule has 1 aromatic rings. The Balaban J connectivity index is 1.37. The van der Waals surface area contributed by atoms with Crippen molar-refractivity contribution in [3.8, 4) is 0 Å². The highest BCUT2D eigenvalue weighted by molar-refractivity contribution is 5.86. The third kappa shape index (κ3) is 7.94. The van der Waals surface area contributed by atoms with Gasteiger partial charge in [0, 0.05) is 19.1 Å². The molecule has 0 bridgehead atoms. The Morgan fingerprint density at radius 3 is 2.39 bits per heavy atom. The lowest BCUT2D eigenvalue weighted by atomic mass is 9.86. The van der Waals surface area contributed by atoms with Crippen molar-refractivity contribution in [2.45, 2.75) is 83.6 Å². The Labute approximate surface area is 196 Å². The Hall–Kier alpha value is -2.77. The number of ether oxygens (including phenoxy) is 2. The summed E-state index contributed by atoms with van der Waals surface area (Å²) in [5, 5.41) is 5.98. The van der Waals surface area contributed by atoms with Crippen LogP contribution in [0.15, 0.2) is 30.3 Å². The van der Waals surface area contributed by atoms with E-state index in [-0.39, 0.29) is 24.6 Å². The number of hydrogen-bond acceptors (Lipinski definition) is 5. The van der Waals surface area contributed by atoms with Gasteiger partial charge in [-0.2, -0.15) is 0 Å². The SMILES string of the molecule is CC(C)(C)OC(=O)NC1CCC(CNC(=O)C2CCCN2C(=O)OCc2ccccc2)CC1. The molecule has 1 aliphatic heterocycles. The number of hydrogen-bond donors (Lipinski definition) is 2. The molecule has 2 N–H and O–H groups in total. The average Bonchev–Trinajstić information content (AvgIpc) is 3.26. The predicted octanol–water partition coefficient (Wildman–Crippen LogP) is 3.99. The van der Waals surface area contributed by atoms with Crippen molar-refractivity contribution in [3.63, 3.8) is 0 Å². The van der Waals surface area contributed by atoms with Crippen LogP contribution in [-0.2, 0) is 20.9 Å². The van der Waals surface area contributed by atoms with Crippen molar-refractivity contribution in [3.05, 3.63) is 35.9 Å². The van der Waals surface area contributed by atoms with E-state index in [9.17, 15) is 14.4 Å². The maximum atomic E-state index is 12.8. The van der Waals surface area contributed by atoms with Gasteiger partial charge in [0.05, 0.1) is 0 Å². The summed E-state index contributed by atoms with van der Waals surface area (Å²) in [5.74, 6) is 0.253. The van der Waals surface area contributed by atoms with E-state index in [1.54, 1.807) is 4.90 Å². The minimum atomic E-state index is -0.506. The quantitative estimate of drug-likeness (QED) is 0.671. The standard InChI is InChI=1S/C25H37N3O5/c1-25(2,3)33-23(30)27-20-13-11-18(12-14-20)16-26-22(29)21-10-7-15-28(21)24(31)32-17-19-8-5-4-6-9-19/h4-6,8-9,18,20-21H,7,10-17H2,1-3H3,(H,26,29)(H,27,30). The summed E-state index contributed by atoms with van der Waals surface area (Å²) in [6.45, 7) is 6.86. The Kier molecular flexibility index (Phi) is 8.58. The van der Waals surface area contributed by atoms with Gasteiger partial charge >= 0.3 is 12.2 Å². The first-order chi connectivity index (χ1) is 15.7. The van der Waals surface area contributed by atoms with Gasteiger partial charge in [0.25, 0.3) is 0 Å². The van der Waals surface area contributed by atoms with E-state index in [2.05, 4.69) is 10.6 Å². The molecule has 33 heavy (non-hydrogen) atoms. The maximum absolute atomic E-state index is 12.8. The molecule has 182 valence electrons. The highest BCUT2D eigenvalue weighted by Gasteiger charge is 2.35. The van der Waals surface area contributed by atoms with Crippen molar-refractivity contribution in [2.24, 2.45) is 5.92 Å². The zero-order valence-electron chi connectivity index (χ0n) is 20.0. The van der Waals surface area contributed by atoms with Gasteiger partial charge in [-0.3, -0.25) is 9.69 Å². The molecule has 1 saturated carbocycles. The van der Waals surface area contributed by atoms with Gasteiger partial charge < -0.3 is 20.1 Å². The molecule has 8 nitrogen and oxygen atoms in total. The van der Waals surface area contributed by atoms with Crippen LogP contribution >= 0.6 is 0 Å². The van der Waals surface area contributed by atoms with E-state index in [1.165, 1.54) is 0 Å². The second-order valence-corrected chi connectivity index (χ2v) is 10.0. The van der Waals surface area contributed by atoms with E-state index >= 15 is 0 Å². The largest absolute Gasteiger partial charge is 0.445 e. The fourth-order valence-electron chi connectivity index (χ4n) is 4.41. The number of likely N-dealkylation sites (tertiary alicyclic amines) is 1. The number of nitrogens with zero attached hydrogens (tertiary/aromatic N) is 1. The first-order valence-corrected chi connectivity index (χ1v) is 12.0. The van der Waals surface area contributed by atoms with Gasteiger partial charge in [-0.05, 0) is 70.8 Å². The van der Waals surface area contributed by atoms with Crippen molar-refractivity contribution >= 4 is 18.1 Å². The van der Waals surface area contributed by atoms with Crippen LogP contribution in [0.4, 0.5) is 9.59 Å². The van der Waals surface area contributed by atoms with Crippen LogP contribution in [0, 0.1) is 5.92 Å².